The number of nitrogens with one attached hydrogen (secondary N) is 1. The Morgan fingerprint density at radius 1 is 1.12 bits per heavy atom. The van der Waals surface area contributed by atoms with E-state index in [1.54, 1.807) is 36.2 Å². The molecule has 0 unspecified atom stereocenters. The van der Waals surface area contributed by atoms with Crippen LogP contribution in [0.4, 0.5) is 5.69 Å². The second kappa shape index (κ2) is 8.17. The van der Waals surface area contributed by atoms with Crippen molar-refractivity contribution in [1.29, 1.82) is 10.5 Å². The molecule has 0 aromatic heterocycles. The molecule has 24 heavy (non-hydrogen) atoms. The van der Waals surface area contributed by atoms with Crippen LogP contribution in [0.25, 0.3) is 0 Å². The van der Waals surface area contributed by atoms with E-state index in [0.29, 0.717) is 17.8 Å². The van der Waals surface area contributed by atoms with Gasteiger partial charge in [-0.2, -0.15) is 10.5 Å². The third-order valence-electron chi connectivity index (χ3n) is 3.29. The Morgan fingerprint density at radius 2 is 1.79 bits per heavy atom. The van der Waals surface area contributed by atoms with Gasteiger partial charge in [0.2, 0.25) is 0 Å². The Kier molecular flexibility index (Phi) is 5.71. The Bertz CT molecular complexity index is 828. The smallest absolute Gasteiger partial charge is 0.267 e. The van der Waals surface area contributed by atoms with Gasteiger partial charge in [-0.25, -0.2) is 0 Å². The van der Waals surface area contributed by atoms with Crippen LogP contribution in [0.15, 0.2) is 66.4 Å². The average Bonchev–Trinajstić information content (AvgIpc) is 2.61. The van der Waals surface area contributed by atoms with Gasteiger partial charge in [0.25, 0.3) is 5.91 Å². The molecule has 118 valence electrons. The highest BCUT2D eigenvalue weighted by Gasteiger charge is 2.12. The number of benzene rings is 2. The number of rotatable bonds is 5. The van der Waals surface area contributed by atoms with E-state index in [1.165, 1.54) is 6.20 Å². The van der Waals surface area contributed by atoms with E-state index in [-0.39, 0.29) is 5.57 Å². The number of hydrogen-bond donors (Lipinski definition) is 1. The summed E-state index contributed by atoms with van der Waals surface area (Å²) in [4.78, 5) is 14.0. The van der Waals surface area contributed by atoms with Gasteiger partial charge in [0.05, 0.1) is 11.3 Å². The summed E-state index contributed by atoms with van der Waals surface area (Å²) in [6.45, 7) is 0.577. The van der Waals surface area contributed by atoms with Crippen molar-refractivity contribution in [3.63, 3.8) is 0 Å². The number of nitriles is 2. The maximum absolute atomic E-state index is 12.3. The van der Waals surface area contributed by atoms with Crippen LogP contribution in [-0.4, -0.2) is 17.9 Å². The Morgan fingerprint density at radius 3 is 2.46 bits per heavy atom. The van der Waals surface area contributed by atoms with Crippen LogP contribution in [0, 0.1) is 22.7 Å². The molecular weight excluding hydrogens is 300 g/mol. The van der Waals surface area contributed by atoms with Crippen molar-refractivity contribution in [2.45, 2.75) is 6.54 Å². The molecule has 2 rings (SSSR count). The highest BCUT2D eigenvalue weighted by molar-refractivity contribution is 6.07. The summed E-state index contributed by atoms with van der Waals surface area (Å²) in [6, 6.07) is 20.3. The molecule has 2 aromatic carbocycles. The first-order chi connectivity index (χ1) is 11.6. The maximum atomic E-state index is 12.3. The zero-order valence-corrected chi connectivity index (χ0v) is 13.2. The first kappa shape index (κ1) is 16.8. The largest absolute Gasteiger partial charge is 0.375 e. The summed E-state index contributed by atoms with van der Waals surface area (Å²) >= 11 is 0. The van der Waals surface area contributed by atoms with E-state index in [9.17, 15) is 10.1 Å². The van der Waals surface area contributed by atoms with Crippen molar-refractivity contribution in [2.24, 2.45) is 0 Å². The third kappa shape index (κ3) is 4.46. The summed E-state index contributed by atoms with van der Waals surface area (Å²) in [7, 11) is 1.79. The first-order valence-corrected chi connectivity index (χ1v) is 7.30. The SMILES string of the molecule is CN(/C=C(/C#N)C(=O)Nc1ccccc1C#N)Cc1ccccc1. The highest BCUT2D eigenvalue weighted by Crippen LogP contribution is 2.15. The van der Waals surface area contributed by atoms with Crippen molar-refractivity contribution in [3.8, 4) is 12.1 Å². The molecule has 2 aromatic rings. The second-order valence-corrected chi connectivity index (χ2v) is 5.17. The van der Waals surface area contributed by atoms with Gasteiger partial charge in [-0.1, -0.05) is 42.5 Å². The number of anilines is 1. The molecule has 5 heteroatoms. The summed E-state index contributed by atoms with van der Waals surface area (Å²) in [5, 5.41) is 20.9. The molecule has 0 aliphatic carbocycles. The quantitative estimate of drug-likeness (QED) is 0.679. The fourth-order valence-corrected chi connectivity index (χ4v) is 2.15. The minimum absolute atomic E-state index is 0.0267. The van der Waals surface area contributed by atoms with Crippen molar-refractivity contribution in [3.05, 3.63) is 77.5 Å². The van der Waals surface area contributed by atoms with Gasteiger partial charge in [0.1, 0.15) is 17.7 Å². The average molecular weight is 316 g/mol. The predicted molar refractivity (Wildman–Crippen MR) is 91.4 cm³/mol. The predicted octanol–water partition coefficient (Wildman–Crippen LogP) is 3.04. The van der Waals surface area contributed by atoms with Crippen molar-refractivity contribution in [1.82, 2.24) is 4.90 Å². The van der Waals surface area contributed by atoms with Gasteiger partial charge in [0, 0.05) is 19.8 Å². The van der Waals surface area contributed by atoms with Gasteiger partial charge in [-0.05, 0) is 17.7 Å². The maximum Gasteiger partial charge on any atom is 0.267 e. The number of carbonyl (C=O) groups excluding carboxylic acids is 1. The zero-order valence-electron chi connectivity index (χ0n) is 13.2. The van der Waals surface area contributed by atoms with Crippen LogP contribution in [-0.2, 0) is 11.3 Å². The molecule has 5 nitrogen and oxygen atoms in total. The van der Waals surface area contributed by atoms with E-state index in [4.69, 9.17) is 5.26 Å². The van der Waals surface area contributed by atoms with Crippen molar-refractivity contribution < 1.29 is 4.79 Å². The van der Waals surface area contributed by atoms with E-state index in [0.717, 1.165) is 5.56 Å². The second-order valence-electron chi connectivity index (χ2n) is 5.17. The van der Waals surface area contributed by atoms with Gasteiger partial charge < -0.3 is 10.2 Å². The van der Waals surface area contributed by atoms with Crippen LogP contribution >= 0.6 is 0 Å². The first-order valence-electron chi connectivity index (χ1n) is 7.30. The zero-order chi connectivity index (χ0) is 17.4. The van der Waals surface area contributed by atoms with Crippen LogP contribution in [0.3, 0.4) is 0 Å². The van der Waals surface area contributed by atoms with Crippen LogP contribution < -0.4 is 5.32 Å². The monoisotopic (exact) mass is 316 g/mol. The molecule has 0 heterocycles. The Labute approximate surface area is 141 Å². The minimum Gasteiger partial charge on any atom is -0.375 e. The van der Waals surface area contributed by atoms with Gasteiger partial charge >= 0.3 is 0 Å². The molecule has 0 saturated heterocycles. The lowest BCUT2D eigenvalue weighted by Crippen LogP contribution is -2.18. The van der Waals surface area contributed by atoms with Crippen molar-refractivity contribution in [2.75, 3.05) is 12.4 Å². The molecular formula is C19H16N4O. The van der Waals surface area contributed by atoms with Crippen LogP contribution in [0.1, 0.15) is 11.1 Å². The summed E-state index contributed by atoms with van der Waals surface area (Å²) in [5.41, 5.74) is 1.78. The van der Waals surface area contributed by atoms with Crippen molar-refractivity contribution >= 4 is 11.6 Å². The van der Waals surface area contributed by atoms with Crippen LogP contribution in [0.2, 0.25) is 0 Å². The van der Waals surface area contributed by atoms with E-state index in [1.807, 2.05) is 42.5 Å². The highest BCUT2D eigenvalue weighted by atomic mass is 16.1. The number of amides is 1. The molecule has 0 saturated carbocycles. The molecule has 0 aliphatic rings. The molecule has 1 amide bonds. The fraction of sp³-hybridized carbons (Fsp3) is 0.105. The minimum atomic E-state index is -0.542. The van der Waals surface area contributed by atoms with E-state index in [2.05, 4.69) is 5.32 Å². The lowest BCUT2D eigenvalue weighted by Gasteiger charge is -2.15. The number of hydrogen-bond acceptors (Lipinski definition) is 4. The topological polar surface area (TPSA) is 79.9 Å². The lowest BCUT2D eigenvalue weighted by atomic mass is 10.2. The van der Waals surface area contributed by atoms with Gasteiger partial charge in [-0.15, -0.1) is 0 Å². The molecule has 0 spiro atoms. The third-order valence-corrected chi connectivity index (χ3v) is 3.29. The van der Waals surface area contributed by atoms with E-state index >= 15 is 0 Å². The Hall–Kier alpha value is -3.57. The molecule has 1 N–H and O–H groups in total. The summed E-state index contributed by atoms with van der Waals surface area (Å²) < 4.78 is 0. The molecule has 0 radical (unpaired) electrons. The Balaban J connectivity index is 2.11. The summed E-state index contributed by atoms with van der Waals surface area (Å²) in [6.07, 6.45) is 1.50. The van der Waals surface area contributed by atoms with Crippen LogP contribution in [0.5, 0.6) is 0 Å². The molecule has 0 bridgehead atoms. The number of para-hydroxylation sites is 1. The molecule has 0 aliphatic heterocycles. The van der Waals surface area contributed by atoms with E-state index < -0.39 is 5.91 Å². The standard InChI is InChI=1S/C19H16N4O/c1-23(13-15-7-3-2-4-8-15)14-17(12-21)19(24)22-18-10-6-5-9-16(18)11-20/h2-10,14H,13H2,1H3,(H,22,24)/b17-14-. The van der Waals surface area contributed by atoms with Gasteiger partial charge in [0.15, 0.2) is 0 Å². The molecule has 0 fully saturated rings. The number of nitrogens with zero attached hydrogens (tertiary/aromatic N) is 3. The lowest BCUT2D eigenvalue weighted by molar-refractivity contribution is -0.112. The fourth-order valence-electron chi connectivity index (χ4n) is 2.15. The summed E-state index contributed by atoms with van der Waals surface area (Å²) in [5.74, 6) is -0.542. The van der Waals surface area contributed by atoms with Gasteiger partial charge in [-0.3, -0.25) is 4.79 Å². The normalized spacial score (nSPS) is 10.4. The number of carbonyl (C=O) groups is 1. The molecule has 0 atom stereocenters.